The molecule has 2 saturated heterocycles. The summed E-state index contributed by atoms with van der Waals surface area (Å²) in [5.41, 5.74) is 2.31. The van der Waals surface area contributed by atoms with Crippen LogP contribution in [0.4, 0.5) is 0 Å². The molecule has 6 heteroatoms. The van der Waals surface area contributed by atoms with Crippen LogP contribution in [0.3, 0.4) is 0 Å². The lowest BCUT2D eigenvalue weighted by Gasteiger charge is -2.39. The van der Waals surface area contributed by atoms with Crippen molar-refractivity contribution < 1.29 is 4.74 Å². The molecular weight excluding hydrogens is 368 g/mol. The number of hydrogen-bond donors (Lipinski definition) is 0. The normalized spacial score (nSPS) is 22.0. The molecule has 4 heterocycles. The van der Waals surface area contributed by atoms with Crippen LogP contribution >= 0.6 is 11.3 Å². The van der Waals surface area contributed by atoms with Crippen LogP contribution in [0.5, 0.6) is 0 Å². The Hall–Kier alpha value is -1.76. The van der Waals surface area contributed by atoms with Gasteiger partial charge in [0.1, 0.15) is 15.8 Å². The van der Waals surface area contributed by atoms with Gasteiger partial charge in [-0.3, -0.25) is 9.47 Å². The predicted molar refractivity (Wildman–Crippen MR) is 111 cm³/mol. The first-order valence-corrected chi connectivity index (χ1v) is 11.4. The predicted octanol–water partition coefficient (Wildman–Crippen LogP) is 4.22. The average Bonchev–Trinajstić information content (AvgIpc) is 3.30. The van der Waals surface area contributed by atoms with Crippen LogP contribution in [-0.2, 0) is 11.3 Å². The van der Waals surface area contributed by atoms with Crippen LogP contribution in [0.15, 0.2) is 30.5 Å². The van der Waals surface area contributed by atoms with E-state index < -0.39 is 0 Å². The highest BCUT2D eigenvalue weighted by molar-refractivity contribution is 7.14. The van der Waals surface area contributed by atoms with Crippen LogP contribution < -0.4 is 0 Å². The minimum absolute atomic E-state index is 0.618. The molecule has 6 rings (SSSR count). The van der Waals surface area contributed by atoms with E-state index in [1.807, 2.05) is 11.3 Å². The van der Waals surface area contributed by atoms with Gasteiger partial charge >= 0.3 is 0 Å². The zero-order valence-electron chi connectivity index (χ0n) is 16.1. The molecule has 5 nitrogen and oxygen atoms in total. The van der Waals surface area contributed by atoms with Gasteiger partial charge in [0, 0.05) is 11.8 Å². The van der Waals surface area contributed by atoms with E-state index in [0.717, 1.165) is 37.1 Å². The number of benzene rings is 1. The van der Waals surface area contributed by atoms with E-state index in [1.165, 1.54) is 60.1 Å². The quantitative estimate of drug-likeness (QED) is 0.650. The van der Waals surface area contributed by atoms with Gasteiger partial charge in [0.2, 0.25) is 0 Å². The van der Waals surface area contributed by atoms with Gasteiger partial charge < -0.3 is 4.74 Å². The zero-order chi connectivity index (χ0) is 18.5. The Morgan fingerprint density at radius 2 is 1.86 bits per heavy atom. The van der Waals surface area contributed by atoms with Gasteiger partial charge in [-0.2, -0.15) is 0 Å². The monoisotopic (exact) mass is 394 g/mol. The highest BCUT2D eigenvalue weighted by atomic mass is 32.1. The van der Waals surface area contributed by atoms with E-state index in [-0.39, 0.29) is 0 Å². The minimum Gasteiger partial charge on any atom is -0.381 e. The van der Waals surface area contributed by atoms with Gasteiger partial charge in [-0.25, -0.2) is 9.97 Å². The molecule has 0 N–H and O–H groups in total. The number of piperidine rings is 1. The molecule has 0 bridgehead atoms. The van der Waals surface area contributed by atoms with Gasteiger partial charge in [0.15, 0.2) is 0 Å². The maximum Gasteiger partial charge on any atom is 0.121 e. The van der Waals surface area contributed by atoms with Crippen LogP contribution in [-0.4, -0.2) is 45.7 Å². The highest BCUT2D eigenvalue weighted by Gasteiger charge is 2.32. The van der Waals surface area contributed by atoms with Crippen LogP contribution in [0.2, 0.25) is 0 Å². The van der Waals surface area contributed by atoms with Crippen molar-refractivity contribution in [2.45, 2.75) is 38.1 Å². The van der Waals surface area contributed by atoms with Crippen molar-refractivity contribution >= 4 is 22.4 Å². The lowest BCUT2D eigenvalue weighted by Crippen LogP contribution is -2.41. The molecule has 1 aliphatic carbocycles. The largest absolute Gasteiger partial charge is 0.381 e. The van der Waals surface area contributed by atoms with Crippen molar-refractivity contribution in [1.29, 1.82) is 0 Å². The summed E-state index contributed by atoms with van der Waals surface area (Å²) in [6.07, 6.45) is 7.19. The molecule has 0 atom stereocenters. The van der Waals surface area contributed by atoms with Crippen LogP contribution in [0.25, 0.3) is 16.0 Å². The van der Waals surface area contributed by atoms with E-state index in [2.05, 4.69) is 39.9 Å². The number of para-hydroxylation sites is 2. The molecule has 0 radical (unpaired) electrons. The lowest BCUT2D eigenvalue weighted by molar-refractivity contribution is -0.0726. The fourth-order valence-electron chi connectivity index (χ4n) is 4.67. The van der Waals surface area contributed by atoms with Crippen molar-refractivity contribution in [3.05, 3.63) is 41.3 Å². The average molecular weight is 395 g/mol. The summed E-state index contributed by atoms with van der Waals surface area (Å²) in [4.78, 5) is 12.3. The second-order valence-corrected chi connectivity index (χ2v) is 9.67. The summed E-state index contributed by atoms with van der Waals surface area (Å²) >= 11 is 1.83. The fourth-order valence-corrected chi connectivity index (χ4v) is 5.65. The van der Waals surface area contributed by atoms with E-state index in [1.54, 1.807) is 0 Å². The van der Waals surface area contributed by atoms with Crippen molar-refractivity contribution in [3.8, 4) is 5.00 Å². The van der Waals surface area contributed by atoms with Gasteiger partial charge in [-0.15, -0.1) is 0 Å². The Bertz CT molecular complexity index is 980. The summed E-state index contributed by atoms with van der Waals surface area (Å²) in [5.74, 6) is 3.53. The number of ether oxygens (including phenoxy) is 1. The first-order chi connectivity index (χ1) is 13.8. The number of fused-ring (bicyclic) bond motifs is 1. The molecule has 0 amide bonds. The Morgan fingerprint density at radius 1 is 1.04 bits per heavy atom. The zero-order valence-corrected chi connectivity index (χ0v) is 16.9. The molecule has 1 aromatic carbocycles. The molecule has 0 unspecified atom stereocenters. The van der Waals surface area contributed by atoms with Gasteiger partial charge in [-0.05, 0) is 56.8 Å². The maximum atomic E-state index is 5.38. The third kappa shape index (κ3) is 3.08. The van der Waals surface area contributed by atoms with E-state index in [4.69, 9.17) is 14.7 Å². The Labute approximate surface area is 169 Å². The Kier molecular flexibility index (Phi) is 4.24. The summed E-state index contributed by atoms with van der Waals surface area (Å²) in [6, 6.07) is 8.49. The van der Waals surface area contributed by atoms with E-state index in [0.29, 0.717) is 5.92 Å². The van der Waals surface area contributed by atoms with E-state index >= 15 is 0 Å². The molecular formula is C22H26N4OS. The smallest absolute Gasteiger partial charge is 0.121 e. The van der Waals surface area contributed by atoms with Gasteiger partial charge in [-0.1, -0.05) is 23.5 Å². The first kappa shape index (κ1) is 17.1. The second kappa shape index (κ2) is 6.94. The van der Waals surface area contributed by atoms with Gasteiger partial charge in [0.25, 0.3) is 0 Å². The molecule has 146 valence electrons. The number of rotatable bonds is 5. The molecule has 2 aliphatic heterocycles. The molecule has 28 heavy (non-hydrogen) atoms. The third-order valence-corrected chi connectivity index (χ3v) is 7.58. The van der Waals surface area contributed by atoms with Crippen molar-refractivity contribution in [2.75, 3.05) is 26.3 Å². The standard InChI is InChI=1S/C22H26N4OS/c1-2-4-19-18(3-1)24-22(16-5-6-16)26(19)21-11-23-20(28-21)12-25-9-7-15(8-10-25)17-13-27-14-17/h1-4,11,15-17H,5-10,12-14H2. The summed E-state index contributed by atoms with van der Waals surface area (Å²) in [7, 11) is 0. The Balaban J connectivity index is 1.20. The maximum absolute atomic E-state index is 5.38. The SMILES string of the molecule is c1ccc2c(c1)nc(C1CC1)n2-c1cnc(CN2CCC(C3COC3)CC2)s1. The minimum atomic E-state index is 0.618. The number of thiazole rings is 1. The van der Waals surface area contributed by atoms with Crippen LogP contribution in [0.1, 0.15) is 42.4 Å². The molecule has 2 aromatic heterocycles. The highest BCUT2D eigenvalue weighted by Crippen LogP contribution is 2.42. The third-order valence-electron chi connectivity index (χ3n) is 6.61. The number of hydrogen-bond acceptors (Lipinski definition) is 5. The van der Waals surface area contributed by atoms with Crippen molar-refractivity contribution in [3.63, 3.8) is 0 Å². The second-order valence-electron chi connectivity index (χ2n) is 8.57. The summed E-state index contributed by atoms with van der Waals surface area (Å²) in [6.45, 7) is 5.34. The van der Waals surface area contributed by atoms with Crippen LogP contribution in [0, 0.1) is 11.8 Å². The molecule has 3 fully saturated rings. The number of likely N-dealkylation sites (tertiary alicyclic amines) is 1. The molecule has 0 spiro atoms. The van der Waals surface area contributed by atoms with Crippen molar-refractivity contribution in [1.82, 2.24) is 19.4 Å². The molecule has 1 saturated carbocycles. The number of imidazole rings is 1. The summed E-state index contributed by atoms with van der Waals surface area (Å²) in [5, 5.41) is 2.44. The first-order valence-electron chi connectivity index (χ1n) is 10.6. The molecule has 3 aliphatic rings. The van der Waals surface area contributed by atoms with Gasteiger partial charge in [0.05, 0.1) is 37.0 Å². The van der Waals surface area contributed by atoms with Crippen molar-refractivity contribution in [2.24, 2.45) is 11.8 Å². The lowest BCUT2D eigenvalue weighted by atomic mass is 9.83. The fraction of sp³-hybridized carbons (Fsp3) is 0.545. The molecule has 3 aromatic rings. The Morgan fingerprint density at radius 3 is 2.61 bits per heavy atom. The topological polar surface area (TPSA) is 43.2 Å². The number of nitrogens with zero attached hydrogens (tertiary/aromatic N) is 4. The number of aromatic nitrogens is 3. The summed E-state index contributed by atoms with van der Waals surface area (Å²) < 4.78 is 7.74. The van der Waals surface area contributed by atoms with E-state index in [9.17, 15) is 0 Å².